The van der Waals surface area contributed by atoms with Crippen molar-refractivity contribution >= 4 is 11.5 Å². The normalized spacial score (nSPS) is 18.9. The van der Waals surface area contributed by atoms with Crippen LogP contribution in [0.1, 0.15) is 17.9 Å². The van der Waals surface area contributed by atoms with Gasteiger partial charge >= 0.3 is 0 Å². The number of ketones is 1. The van der Waals surface area contributed by atoms with Gasteiger partial charge in [0.2, 0.25) is 0 Å². The Morgan fingerprint density at radius 2 is 1.76 bits per heavy atom. The van der Waals surface area contributed by atoms with Gasteiger partial charge in [0, 0.05) is 30.8 Å². The maximum atomic E-state index is 13.9. The summed E-state index contributed by atoms with van der Waals surface area (Å²) in [6, 6.07) is 13.7. The van der Waals surface area contributed by atoms with Crippen molar-refractivity contribution < 1.29 is 13.6 Å². The monoisotopic (exact) mass is 287 g/mol. The lowest BCUT2D eigenvalue weighted by Gasteiger charge is -2.33. The highest BCUT2D eigenvalue weighted by Crippen LogP contribution is 2.29. The summed E-state index contributed by atoms with van der Waals surface area (Å²) in [6.07, 6.45) is 0.343. The number of hydrogen-bond donors (Lipinski definition) is 0. The third kappa shape index (κ3) is 2.66. The van der Waals surface area contributed by atoms with Crippen molar-refractivity contribution in [2.45, 2.75) is 12.3 Å². The fourth-order valence-electron chi connectivity index (χ4n) is 2.77. The van der Waals surface area contributed by atoms with E-state index >= 15 is 0 Å². The molecule has 0 amide bonds. The topological polar surface area (TPSA) is 20.3 Å². The van der Waals surface area contributed by atoms with Gasteiger partial charge in [0.25, 0.3) is 0 Å². The van der Waals surface area contributed by atoms with Crippen LogP contribution in [0.25, 0.3) is 0 Å². The summed E-state index contributed by atoms with van der Waals surface area (Å²) in [5.41, 5.74) is 1.15. The van der Waals surface area contributed by atoms with Gasteiger partial charge < -0.3 is 4.90 Å². The predicted octanol–water partition coefficient (Wildman–Crippen LogP) is 3.53. The van der Waals surface area contributed by atoms with Gasteiger partial charge in [-0.3, -0.25) is 4.79 Å². The molecule has 1 heterocycles. The largest absolute Gasteiger partial charge is 0.370 e. The molecule has 1 aliphatic rings. The Morgan fingerprint density at radius 3 is 2.52 bits per heavy atom. The SMILES string of the molecule is O=C1CCN(c2ccccc2)CC1c1cccc(F)c1F. The molecule has 0 N–H and O–H groups in total. The second kappa shape index (κ2) is 5.64. The molecule has 1 saturated heterocycles. The zero-order valence-electron chi connectivity index (χ0n) is 11.4. The van der Waals surface area contributed by atoms with Gasteiger partial charge in [0.1, 0.15) is 5.78 Å². The van der Waals surface area contributed by atoms with Gasteiger partial charge in [-0.05, 0) is 18.2 Å². The van der Waals surface area contributed by atoms with E-state index in [0.717, 1.165) is 11.8 Å². The fourth-order valence-corrected chi connectivity index (χ4v) is 2.77. The summed E-state index contributed by atoms with van der Waals surface area (Å²) in [6.45, 7) is 0.986. The molecule has 0 aromatic heterocycles. The predicted molar refractivity (Wildman–Crippen MR) is 77.4 cm³/mol. The van der Waals surface area contributed by atoms with E-state index in [9.17, 15) is 13.6 Å². The van der Waals surface area contributed by atoms with Crippen LogP contribution in [-0.2, 0) is 4.79 Å². The van der Waals surface area contributed by atoms with E-state index in [1.54, 1.807) is 0 Å². The Balaban J connectivity index is 1.91. The first-order chi connectivity index (χ1) is 10.2. The van der Waals surface area contributed by atoms with Crippen molar-refractivity contribution in [3.05, 3.63) is 65.7 Å². The van der Waals surface area contributed by atoms with Crippen LogP contribution in [0.4, 0.5) is 14.5 Å². The van der Waals surface area contributed by atoms with E-state index in [1.807, 2.05) is 35.2 Å². The molecule has 2 nitrogen and oxygen atoms in total. The summed E-state index contributed by atoms with van der Waals surface area (Å²) < 4.78 is 27.3. The molecule has 2 aromatic rings. The number of carbonyl (C=O) groups excluding carboxylic acids is 1. The number of carbonyl (C=O) groups is 1. The molecule has 1 fully saturated rings. The minimum absolute atomic E-state index is 0.0355. The lowest BCUT2D eigenvalue weighted by atomic mass is 9.88. The first kappa shape index (κ1) is 13.7. The highest BCUT2D eigenvalue weighted by Gasteiger charge is 2.31. The van der Waals surface area contributed by atoms with Crippen LogP contribution in [0, 0.1) is 11.6 Å². The van der Waals surface area contributed by atoms with Crippen LogP contribution >= 0.6 is 0 Å². The zero-order valence-corrected chi connectivity index (χ0v) is 11.4. The number of Topliss-reactive ketones (excluding diaryl/α,β-unsaturated/α-hetero) is 1. The maximum absolute atomic E-state index is 13.9. The molecule has 0 spiro atoms. The zero-order chi connectivity index (χ0) is 14.8. The van der Waals surface area contributed by atoms with Crippen molar-refractivity contribution in [3.8, 4) is 0 Å². The van der Waals surface area contributed by atoms with Gasteiger partial charge in [-0.1, -0.05) is 30.3 Å². The van der Waals surface area contributed by atoms with Crippen molar-refractivity contribution in [2.75, 3.05) is 18.0 Å². The molecule has 1 aliphatic heterocycles. The second-order valence-electron chi connectivity index (χ2n) is 5.19. The summed E-state index contributed by atoms with van der Waals surface area (Å²) in [4.78, 5) is 14.2. The Morgan fingerprint density at radius 1 is 1.00 bits per heavy atom. The lowest BCUT2D eigenvalue weighted by molar-refractivity contribution is -0.121. The number of halogens is 2. The van der Waals surface area contributed by atoms with E-state index in [0.29, 0.717) is 19.5 Å². The van der Waals surface area contributed by atoms with Gasteiger partial charge in [-0.15, -0.1) is 0 Å². The van der Waals surface area contributed by atoms with E-state index in [2.05, 4.69) is 0 Å². The van der Waals surface area contributed by atoms with E-state index in [1.165, 1.54) is 12.1 Å². The van der Waals surface area contributed by atoms with Crippen LogP contribution in [0.2, 0.25) is 0 Å². The van der Waals surface area contributed by atoms with Crippen LogP contribution in [0.5, 0.6) is 0 Å². The quantitative estimate of drug-likeness (QED) is 0.842. The number of nitrogens with zero attached hydrogens (tertiary/aromatic N) is 1. The minimum Gasteiger partial charge on any atom is -0.370 e. The van der Waals surface area contributed by atoms with Crippen LogP contribution in [-0.4, -0.2) is 18.9 Å². The molecule has 2 aromatic carbocycles. The van der Waals surface area contributed by atoms with E-state index in [4.69, 9.17) is 0 Å². The van der Waals surface area contributed by atoms with Gasteiger partial charge in [0.05, 0.1) is 5.92 Å². The lowest BCUT2D eigenvalue weighted by Crippen LogP contribution is -2.40. The second-order valence-corrected chi connectivity index (χ2v) is 5.19. The average molecular weight is 287 g/mol. The number of piperidine rings is 1. The standard InChI is InChI=1S/C17H15F2NO/c18-15-8-4-7-13(17(15)19)14-11-20(10-9-16(14)21)12-5-2-1-3-6-12/h1-8,14H,9-11H2. The molecule has 0 radical (unpaired) electrons. The van der Waals surface area contributed by atoms with Gasteiger partial charge in [-0.2, -0.15) is 0 Å². The summed E-state index contributed by atoms with van der Waals surface area (Å²) in [5.74, 6) is -2.47. The number of anilines is 1. The van der Waals surface area contributed by atoms with E-state index in [-0.39, 0.29) is 11.3 Å². The average Bonchev–Trinajstić information content (AvgIpc) is 2.52. The minimum atomic E-state index is -0.911. The molecule has 0 saturated carbocycles. The maximum Gasteiger partial charge on any atom is 0.162 e. The van der Waals surface area contributed by atoms with E-state index < -0.39 is 17.6 Å². The number of para-hydroxylation sites is 1. The summed E-state index contributed by atoms with van der Waals surface area (Å²) in [5, 5.41) is 0. The Hall–Kier alpha value is -2.23. The van der Waals surface area contributed by atoms with Crippen molar-refractivity contribution in [1.29, 1.82) is 0 Å². The highest BCUT2D eigenvalue weighted by atomic mass is 19.2. The van der Waals surface area contributed by atoms with Crippen molar-refractivity contribution in [1.82, 2.24) is 0 Å². The molecule has 4 heteroatoms. The number of rotatable bonds is 2. The molecule has 1 unspecified atom stereocenters. The smallest absolute Gasteiger partial charge is 0.162 e. The Bertz CT molecular complexity index is 657. The molecule has 3 rings (SSSR count). The third-order valence-corrected chi connectivity index (χ3v) is 3.90. The molecule has 21 heavy (non-hydrogen) atoms. The van der Waals surface area contributed by atoms with Crippen molar-refractivity contribution in [2.24, 2.45) is 0 Å². The Labute approximate surface area is 122 Å². The summed E-state index contributed by atoms with van der Waals surface area (Å²) >= 11 is 0. The molecular weight excluding hydrogens is 272 g/mol. The summed E-state index contributed by atoms with van der Waals surface area (Å²) in [7, 11) is 0. The first-order valence-corrected chi connectivity index (χ1v) is 6.93. The van der Waals surface area contributed by atoms with Gasteiger partial charge in [0.15, 0.2) is 11.6 Å². The van der Waals surface area contributed by atoms with Crippen LogP contribution in [0.3, 0.4) is 0 Å². The van der Waals surface area contributed by atoms with Crippen LogP contribution < -0.4 is 4.90 Å². The van der Waals surface area contributed by atoms with Crippen molar-refractivity contribution in [3.63, 3.8) is 0 Å². The molecule has 0 aliphatic carbocycles. The highest BCUT2D eigenvalue weighted by molar-refractivity contribution is 5.88. The number of benzene rings is 2. The van der Waals surface area contributed by atoms with Crippen LogP contribution in [0.15, 0.2) is 48.5 Å². The molecule has 108 valence electrons. The first-order valence-electron chi connectivity index (χ1n) is 6.93. The molecule has 0 bridgehead atoms. The van der Waals surface area contributed by atoms with Gasteiger partial charge in [-0.25, -0.2) is 8.78 Å². The number of hydrogen-bond acceptors (Lipinski definition) is 2. The third-order valence-electron chi connectivity index (χ3n) is 3.90. The molecular formula is C17H15F2NO. The fraction of sp³-hybridized carbons (Fsp3) is 0.235. The molecule has 1 atom stereocenters. The Kier molecular flexibility index (Phi) is 3.69.